The maximum absolute atomic E-state index is 5.11. The van der Waals surface area contributed by atoms with Gasteiger partial charge < -0.3 is 178 Å². The number of thiocarbonyl (C=S) groups is 6. The summed E-state index contributed by atoms with van der Waals surface area (Å²) >= 11 is 61.4. The van der Waals surface area contributed by atoms with Gasteiger partial charge in [-0.2, -0.15) is 0 Å². The molecule has 6 unspecified atom stereocenters. The fourth-order valence-corrected chi connectivity index (χ4v) is 13.6. The molecule has 0 amide bonds. The monoisotopic (exact) mass is 1570 g/mol. The minimum atomic E-state index is 0. The first-order valence-corrected chi connectivity index (χ1v) is 40.9. The van der Waals surface area contributed by atoms with Crippen LogP contribution in [0.1, 0.15) is 320 Å². The zero-order valence-corrected chi connectivity index (χ0v) is 74.9. The average Bonchev–Trinajstić information content (AvgIpc) is 3.68. The van der Waals surface area contributed by atoms with Crippen LogP contribution in [0.5, 0.6) is 0 Å². The third kappa shape index (κ3) is 61.0. The Morgan fingerprint density at radius 3 is 0.385 bits per heavy atom. The second kappa shape index (κ2) is 69.8. The molecule has 0 bridgehead atoms. The molecule has 0 aliphatic heterocycles. The number of rotatable bonds is 42. The zero-order chi connectivity index (χ0) is 71.1. The molecule has 0 saturated carbocycles. The smallest absolute Gasteiger partial charge is 0.0217 e. The normalized spacial score (nSPS) is 12.7. The van der Waals surface area contributed by atoms with Gasteiger partial charge in [0.15, 0.2) is 0 Å². The van der Waals surface area contributed by atoms with Crippen molar-refractivity contribution in [2.24, 2.45) is 35.5 Å². The van der Waals surface area contributed by atoms with E-state index in [0.29, 0.717) is 62.2 Å². The topological polar surface area (TPSA) is 19.4 Å². The van der Waals surface area contributed by atoms with Gasteiger partial charge in [-0.05, 0) is 157 Å². The third-order valence-electron chi connectivity index (χ3n) is 17.1. The summed E-state index contributed by atoms with van der Waals surface area (Å²) in [6.45, 7) is 59.1. The molecule has 0 spiro atoms. The second-order valence-corrected chi connectivity index (χ2v) is 32.8. The molecule has 91 heavy (non-hydrogen) atoms. The van der Waals surface area contributed by atoms with Gasteiger partial charge in [0.2, 0.25) is 0 Å². The largest absolute Gasteiger partial charge is 0.411 e. The average molecular weight is 1570 g/mol. The molecule has 0 fully saturated rings. The molecule has 0 saturated heterocycles. The van der Waals surface area contributed by atoms with E-state index < -0.39 is 0 Å². The third-order valence-corrected chi connectivity index (χ3v) is 20.0. The van der Waals surface area contributed by atoms with Crippen LogP contribution in [0, 0.1) is 35.5 Å². The van der Waals surface area contributed by atoms with Crippen LogP contribution in [0.15, 0.2) is 0 Å². The van der Waals surface area contributed by atoms with Crippen LogP contribution < -0.4 is 0 Å². The van der Waals surface area contributed by atoms with Gasteiger partial charge in [-0.25, -0.2) is 0 Å². The standard InChI is InChI=1S/6C12H25NS2.Mo/c6*1-5-7-8-11(6-2)9-13(10(3)4)12(14)15;/h6*10-11H,5-9H2,1-4H3,(H,14,15);/p-6. The van der Waals surface area contributed by atoms with Crippen molar-refractivity contribution < 1.29 is 21.1 Å². The molecule has 0 radical (unpaired) electrons. The van der Waals surface area contributed by atoms with E-state index in [4.69, 9.17) is 149 Å². The van der Waals surface area contributed by atoms with Crippen molar-refractivity contribution in [2.75, 3.05) is 39.3 Å². The summed E-state index contributed by atoms with van der Waals surface area (Å²) < 4.78 is 3.75. The Kier molecular flexibility index (Phi) is 81.2. The first-order valence-electron chi connectivity index (χ1n) is 36.0. The first-order chi connectivity index (χ1) is 42.1. The van der Waals surface area contributed by atoms with Crippen LogP contribution in [0.3, 0.4) is 0 Å². The van der Waals surface area contributed by atoms with Crippen molar-refractivity contribution in [3.05, 3.63) is 0 Å². The van der Waals surface area contributed by atoms with E-state index >= 15 is 0 Å². The maximum atomic E-state index is 5.11. The first kappa shape index (κ1) is 106. The summed E-state index contributed by atoms with van der Waals surface area (Å²) in [7, 11) is 0. The van der Waals surface area contributed by atoms with Crippen molar-refractivity contribution in [2.45, 2.75) is 357 Å². The van der Waals surface area contributed by atoms with Crippen LogP contribution in [0.2, 0.25) is 0 Å². The Balaban J connectivity index is -0.000000186. The van der Waals surface area contributed by atoms with Crippen LogP contribution in [0.4, 0.5) is 0 Å². The molecule has 0 heterocycles. The van der Waals surface area contributed by atoms with Gasteiger partial charge in [0, 0.05) is 96.6 Å². The fourth-order valence-electron chi connectivity index (χ4n) is 10.1. The summed E-state index contributed by atoms with van der Waals surface area (Å²) in [4.78, 5) is 13.1. The van der Waals surface area contributed by atoms with Gasteiger partial charge in [0.05, 0.1) is 0 Å². The molecule has 0 aromatic heterocycles. The maximum Gasteiger partial charge on any atom is 0.0217 e. The second-order valence-electron chi connectivity index (χ2n) is 26.6. The van der Waals surface area contributed by atoms with Crippen LogP contribution in [0.25, 0.3) is 0 Å². The van der Waals surface area contributed by atoms with Crippen LogP contribution in [-0.4, -0.2) is 131 Å². The number of unbranched alkanes of at least 4 members (excludes halogenated alkanes) is 6. The number of hydrogen-bond donors (Lipinski definition) is 0. The molecule has 0 aliphatic rings. The summed E-state index contributed by atoms with van der Waals surface area (Å²) in [5.41, 5.74) is 0. The SMILES string of the molecule is CCCCC(CC)CN(C(=S)[S-])C(C)C.CCCCC(CC)CN(C(=S)[S-])C(C)C.CCCCC(CC)CN(C(=S)[S-])C(C)C.CCCCC(CC)CN(C(=S)[S-])C(C)C.CCCCC(CC)CN(C(=S)[S-])C(C)C.CCCCC(CC)CN(C(=S)[S-])C(C)C.[Mo]. The Hall–Kier alpha value is 1.35. The van der Waals surface area contributed by atoms with Gasteiger partial charge in [0.1, 0.15) is 0 Å². The molecule has 0 aliphatic carbocycles. The van der Waals surface area contributed by atoms with E-state index in [9.17, 15) is 0 Å². The van der Waals surface area contributed by atoms with Crippen molar-refractivity contribution in [1.29, 1.82) is 0 Å². The minimum Gasteiger partial charge on any atom is -0.411 e. The zero-order valence-electron chi connectivity index (χ0n) is 63.1. The summed E-state index contributed by atoms with van der Waals surface area (Å²) in [5, 5.41) is 0. The van der Waals surface area contributed by atoms with Crippen molar-refractivity contribution in [1.82, 2.24) is 29.4 Å². The predicted molar refractivity (Wildman–Crippen MR) is 451 cm³/mol. The van der Waals surface area contributed by atoms with Crippen molar-refractivity contribution >= 4 is 175 Å². The molecular weight excluding hydrogens is 1430 g/mol. The van der Waals surface area contributed by atoms with E-state index in [2.05, 4.69) is 196 Å². The number of hydrogen-bond acceptors (Lipinski definition) is 12. The molecule has 6 atom stereocenters. The van der Waals surface area contributed by atoms with Gasteiger partial charge >= 0.3 is 0 Å². The molecule has 6 nitrogen and oxygen atoms in total. The minimum absolute atomic E-state index is 0. The van der Waals surface area contributed by atoms with Crippen LogP contribution in [-0.2, 0) is 96.8 Å². The molecular formula is C72H144MoN6S12-6. The van der Waals surface area contributed by atoms with Gasteiger partial charge in [-0.15, -0.1) is 0 Å². The Bertz CT molecular complexity index is 1400. The molecule has 19 heteroatoms. The Morgan fingerprint density at radius 1 is 0.231 bits per heavy atom. The van der Waals surface area contributed by atoms with Crippen LogP contribution >= 0.6 is 73.3 Å². The van der Waals surface area contributed by atoms with Gasteiger partial charge in [-0.1, -0.05) is 225 Å². The summed E-state index contributed by atoms with van der Waals surface area (Å²) in [6, 6.07) is 2.61. The Morgan fingerprint density at radius 2 is 0.330 bits per heavy atom. The Labute approximate surface area is 650 Å². The van der Waals surface area contributed by atoms with Crippen molar-refractivity contribution in [3.8, 4) is 0 Å². The summed E-state index contributed by atoms with van der Waals surface area (Å²) in [5.74, 6) is 4.46. The molecule has 0 N–H and O–H groups in total. The van der Waals surface area contributed by atoms with E-state index in [1.54, 1.807) is 0 Å². The summed E-state index contributed by atoms with van der Waals surface area (Å²) in [6.07, 6.45) is 30.7. The fraction of sp³-hybridized carbons (Fsp3) is 0.917. The van der Waals surface area contributed by atoms with Gasteiger partial charge in [0.25, 0.3) is 0 Å². The quantitative estimate of drug-likeness (QED) is 0.0328. The molecule has 0 rings (SSSR count). The molecule has 0 aromatic carbocycles. The van der Waals surface area contributed by atoms with Crippen molar-refractivity contribution in [3.63, 3.8) is 0 Å². The van der Waals surface area contributed by atoms with E-state index in [0.717, 1.165) is 74.8 Å². The van der Waals surface area contributed by atoms with E-state index in [-0.39, 0.29) is 21.1 Å². The molecule has 0 aromatic rings. The number of nitrogens with zero attached hydrogens (tertiary/aromatic N) is 6. The van der Waals surface area contributed by atoms with E-state index in [1.165, 1.54) is 154 Å². The van der Waals surface area contributed by atoms with E-state index in [1.807, 2.05) is 0 Å². The predicted octanol–water partition coefficient (Wildman–Crippen LogP) is 22.5. The molecule has 546 valence electrons. The van der Waals surface area contributed by atoms with Gasteiger partial charge in [-0.3, -0.25) is 0 Å².